The van der Waals surface area contributed by atoms with Gasteiger partial charge >= 0.3 is 0 Å². The van der Waals surface area contributed by atoms with Crippen LogP contribution in [0.4, 0.5) is 5.69 Å². The normalized spacial score (nSPS) is 12.7. The minimum atomic E-state index is -3.78. The monoisotopic (exact) mass is 506 g/mol. The lowest BCUT2D eigenvalue weighted by molar-refractivity contribution is 0.0940. The van der Waals surface area contributed by atoms with Crippen LogP contribution in [-0.4, -0.2) is 36.0 Å². The van der Waals surface area contributed by atoms with Crippen LogP contribution in [0.25, 0.3) is 0 Å². The molecule has 0 saturated carbocycles. The molecule has 0 spiro atoms. The first-order valence-corrected chi connectivity index (χ1v) is 13.6. The lowest BCUT2D eigenvalue weighted by Gasteiger charge is -2.20. The topological polar surface area (TPSA) is 101 Å². The van der Waals surface area contributed by atoms with Crippen molar-refractivity contribution in [1.29, 1.82) is 0 Å². The molecule has 0 aliphatic carbocycles. The maximum atomic E-state index is 12.8. The number of hydrogen-bond donors (Lipinski definition) is 1. The molecule has 7 nitrogen and oxygen atoms in total. The van der Waals surface area contributed by atoms with E-state index in [0.29, 0.717) is 16.3 Å². The summed E-state index contributed by atoms with van der Waals surface area (Å²) >= 11 is 5.83. The number of sulfonamides is 1. The van der Waals surface area contributed by atoms with Crippen LogP contribution in [0.2, 0.25) is 5.02 Å². The van der Waals surface area contributed by atoms with E-state index in [2.05, 4.69) is 5.32 Å². The largest absolute Gasteiger partial charge is 0.346 e. The third kappa shape index (κ3) is 5.73. The number of amides is 1. The second kappa shape index (κ2) is 9.54. The number of rotatable bonds is 7. The van der Waals surface area contributed by atoms with Crippen LogP contribution < -0.4 is 9.62 Å². The van der Waals surface area contributed by atoms with Crippen LogP contribution in [0.3, 0.4) is 0 Å². The van der Waals surface area contributed by atoms with Crippen molar-refractivity contribution in [3.8, 4) is 0 Å². The minimum absolute atomic E-state index is 0.104. The molecule has 3 aromatic rings. The van der Waals surface area contributed by atoms with Crippen molar-refractivity contribution in [1.82, 2.24) is 5.32 Å². The quantitative estimate of drug-likeness (QED) is 0.520. The van der Waals surface area contributed by atoms with Crippen LogP contribution >= 0.6 is 11.6 Å². The summed E-state index contributed by atoms with van der Waals surface area (Å²) in [4.78, 5) is 12.9. The highest BCUT2D eigenvalue weighted by Crippen LogP contribution is 2.24. The molecule has 0 radical (unpaired) electrons. The number of carbonyl (C=O) groups excluding carboxylic acids is 1. The highest BCUT2D eigenvalue weighted by molar-refractivity contribution is 7.92. The number of halogens is 1. The van der Waals surface area contributed by atoms with Gasteiger partial charge in [0.1, 0.15) is 0 Å². The molecule has 1 atom stereocenters. The number of carbonyl (C=O) groups is 1. The molecule has 33 heavy (non-hydrogen) atoms. The van der Waals surface area contributed by atoms with Crippen molar-refractivity contribution in [2.24, 2.45) is 0 Å². The third-order valence-electron chi connectivity index (χ3n) is 5.12. The summed E-state index contributed by atoms with van der Waals surface area (Å²) in [6.45, 7) is 1.79. The number of hydrogen-bond acceptors (Lipinski definition) is 5. The summed E-state index contributed by atoms with van der Waals surface area (Å²) < 4.78 is 49.9. The Hall–Kier alpha value is -2.88. The summed E-state index contributed by atoms with van der Waals surface area (Å²) in [7, 11) is -5.64. The highest BCUT2D eigenvalue weighted by Gasteiger charge is 2.21. The van der Waals surface area contributed by atoms with Gasteiger partial charge in [-0.25, -0.2) is 16.8 Å². The first-order valence-electron chi connectivity index (χ1n) is 9.85. The van der Waals surface area contributed by atoms with E-state index in [1.807, 2.05) is 0 Å². The van der Waals surface area contributed by atoms with Gasteiger partial charge in [-0.1, -0.05) is 23.7 Å². The van der Waals surface area contributed by atoms with Gasteiger partial charge in [-0.3, -0.25) is 9.10 Å². The van der Waals surface area contributed by atoms with E-state index in [1.54, 1.807) is 31.2 Å². The highest BCUT2D eigenvalue weighted by atomic mass is 35.5. The third-order valence-corrected chi connectivity index (χ3v) is 8.30. The van der Waals surface area contributed by atoms with Gasteiger partial charge in [-0.2, -0.15) is 0 Å². The van der Waals surface area contributed by atoms with Gasteiger partial charge in [0.15, 0.2) is 9.84 Å². The van der Waals surface area contributed by atoms with Crippen molar-refractivity contribution in [3.05, 3.63) is 88.9 Å². The molecule has 0 unspecified atom stereocenters. The van der Waals surface area contributed by atoms with Gasteiger partial charge in [0.2, 0.25) is 0 Å². The van der Waals surface area contributed by atoms with Gasteiger partial charge in [0.25, 0.3) is 15.9 Å². The first kappa shape index (κ1) is 24.8. The predicted octanol–water partition coefficient (Wildman–Crippen LogP) is 4.06. The van der Waals surface area contributed by atoms with Crippen LogP contribution in [-0.2, 0) is 19.9 Å². The van der Waals surface area contributed by atoms with Crippen molar-refractivity contribution < 1.29 is 21.6 Å². The Bertz CT molecular complexity index is 1350. The van der Waals surface area contributed by atoms with Gasteiger partial charge in [0, 0.05) is 23.9 Å². The summed E-state index contributed by atoms with van der Waals surface area (Å²) in [5.41, 5.74) is 1.50. The SMILES string of the molecule is C[C@@H](NC(=O)c1ccc(N(C)S(=O)(=O)c2ccc(Cl)cc2)cc1)c1ccc(S(C)(=O)=O)cc1. The van der Waals surface area contributed by atoms with Crippen LogP contribution in [0, 0.1) is 0 Å². The molecule has 0 fully saturated rings. The zero-order chi connectivity index (χ0) is 24.4. The number of anilines is 1. The lowest BCUT2D eigenvalue weighted by atomic mass is 10.1. The molecule has 0 aliphatic heterocycles. The molecule has 3 aromatic carbocycles. The maximum absolute atomic E-state index is 12.8. The molecule has 0 aliphatic rings. The van der Waals surface area contributed by atoms with E-state index in [0.717, 1.165) is 16.1 Å². The fourth-order valence-electron chi connectivity index (χ4n) is 3.09. The Kier molecular flexibility index (Phi) is 7.16. The second-order valence-electron chi connectivity index (χ2n) is 7.51. The maximum Gasteiger partial charge on any atom is 0.264 e. The number of nitrogens with zero attached hydrogens (tertiary/aromatic N) is 1. The molecule has 0 heterocycles. The zero-order valence-electron chi connectivity index (χ0n) is 18.2. The summed E-state index contributed by atoms with van der Waals surface area (Å²) in [6.07, 6.45) is 1.13. The Morgan fingerprint density at radius 2 is 1.36 bits per heavy atom. The average molecular weight is 507 g/mol. The van der Waals surface area contributed by atoms with E-state index in [4.69, 9.17) is 11.6 Å². The Labute approximate surface area is 199 Å². The Morgan fingerprint density at radius 3 is 1.88 bits per heavy atom. The second-order valence-corrected chi connectivity index (χ2v) is 11.9. The summed E-state index contributed by atoms with van der Waals surface area (Å²) in [5, 5.41) is 3.29. The standard InChI is InChI=1S/C23H23ClN2O5S2/c1-16(17-6-12-21(13-7-17)32(3,28)29)25-23(27)18-4-10-20(11-5-18)26(2)33(30,31)22-14-8-19(24)9-15-22/h4-16H,1-3H3,(H,25,27)/t16-/m1/s1. The smallest absolute Gasteiger partial charge is 0.264 e. The lowest BCUT2D eigenvalue weighted by Crippen LogP contribution is -2.28. The average Bonchev–Trinajstić information content (AvgIpc) is 2.78. The molecule has 0 aromatic heterocycles. The fourth-order valence-corrected chi connectivity index (χ4v) is 5.05. The Balaban J connectivity index is 1.71. The first-order chi connectivity index (χ1) is 15.4. The molecule has 10 heteroatoms. The van der Waals surface area contributed by atoms with Crippen molar-refractivity contribution in [2.75, 3.05) is 17.6 Å². The van der Waals surface area contributed by atoms with Crippen molar-refractivity contribution >= 4 is 43.1 Å². The molecular formula is C23H23ClN2O5S2. The molecule has 174 valence electrons. The van der Waals surface area contributed by atoms with Gasteiger partial charge in [-0.15, -0.1) is 0 Å². The molecule has 1 N–H and O–H groups in total. The van der Waals surface area contributed by atoms with E-state index < -0.39 is 19.9 Å². The van der Waals surface area contributed by atoms with Crippen LogP contribution in [0.5, 0.6) is 0 Å². The van der Waals surface area contributed by atoms with E-state index in [1.165, 1.54) is 55.6 Å². The zero-order valence-corrected chi connectivity index (χ0v) is 20.6. The van der Waals surface area contributed by atoms with E-state index in [-0.39, 0.29) is 21.7 Å². The van der Waals surface area contributed by atoms with E-state index >= 15 is 0 Å². The van der Waals surface area contributed by atoms with Crippen molar-refractivity contribution in [3.63, 3.8) is 0 Å². The van der Waals surface area contributed by atoms with Crippen LogP contribution in [0.15, 0.2) is 82.6 Å². The number of sulfone groups is 1. The van der Waals surface area contributed by atoms with Gasteiger partial charge in [0.05, 0.1) is 21.5 Å². The molecule has 0 bridgehead atoms. The molecular weight excluding hydrogens is 484 g/mol. The van der Waals surface area contributed by atoms with Crippen molar-refractivity contribution in [2.45, 2.75) is 22.8 Å². The van der Waals surface area contributed by atoms with Gasteiger partial charge < -0.3 is 5.32 Å². The molecule has 3 rings (SSSR count). The fraction of sp³-hybridized carbons (Fsp3) is 0.174. The van der Waals surface area contributed by atoms with Crippen LogP contribution in [0.1, 0.15) is 28.9 Å². The Morgan fingerprint density at radius 1 is 0.848 bits per heavy atom. The number of benzene rings is 3. The predicted molar refractivity (Wildman–Crippen MR) is 129 cm³/mol. The van der Waals surface area contributed by atoms with Gasteiger partial charge in [-0.05, 0) is 73.2 Å². The number of nitrogens with one attached hydrogen (secondary N) is 1. The molecule has 0 saturated heterocycles. The summed E-state index contributed by atoms with van der Waals surface area (Å²) in [5.74, 6) is -0.343. The minimum Gasteiger partial charge on any atom is -0.346 e. The van der Waals surface area contributed by atoms with E-state index in [9.17, 15) is 21.6 Å². The summed E-state index contributed by atoms with van der Waals surface area (Å²) in [6, 6.07) is 18.0. The molecule has 1 amide bonds.